The van der Waals surface area contributed by atoms with Crippen LogP contribution in [0.2, 0.25) is 0 Å². The van der Waals surface area contributed by atoms with Gasteiger partial charge in [0.15, 0.2) is 0 Å². The summed E-state index contributed by atoms with van der Waals surface area (Å²) in [7, 11) is 0. The molecule has 2 aromatic heterocycles. The molecule has 0 spiro atoms. The first-order valence-electron chi connectivity index (χ1n) is 11.7. The largest absolute Gasteiger partial charge is 0.373 e. The summed E-state index contributed by atoms with van der Waals surface area (Å²) in [6, 6.07) is 7.22. The molecule has 2 fully saturated rings. The van der Waals surface area contributed by atoms with Gasteiger partial charge in [-0.3, -0.25) is 10.0 Å². The monoisotopic (exact) mass is 484 g/mol. The highest BCUT2D eigenvalue weighted by Gasteiger charge is 2.35. The van der Waals surface area contributed by atoms with Crippen LogP contribution in [0, 0.1) is 11.6 Å². The number of rotatable bonds is 7. The molecular weight excluding hydrogens is 458 g/mol. The first-order valence-corrected chi connectivity index (χ1v) is 11.7. The van der Waals surface area contributed by atoms with Gasteiger partial charge in [-0.05, 0) is 56.9 Å². The van der Waals surface area contributed by atoms with Crippen LogP contribution in [0.15, 0.2) is 41.1 Å². The van der Waals surface area contributed by atoms with Crippen molar-refractivity contribution in [2.45, 2.75) is 57.3 Å². The lowest BCUT2D eigenvalue weighted by atomic mass is 10.00. The van der Waals surface area contributed by atoms with Crippen molar-refractivity contribution in [3.63, 3.8) is 0 Å². The van der Waals surface area contributed by atoms with Gasteiger partial charge >= 0.3 is 0 Å². The fourth-order valence-corrected chi connectivity index (χ4v) is 4.62. The Morgan fingerprint density at radius 3 is 2.63 bits per heavy atom. The molecular formula is C25H26F2N4O4. The maximum Gasteiger partial charge on any atom is 0.276 e. The van der Waals surface area contributed by atoms with E-state index in [0.29, 0.717) is 17.9 Å². The predicted octanol–water partition coefficient (Wildman–Crippen LogP) is 4.59. The number of pyridine rings is 1. The van der Waals surface area contributed by atoms with Crippen molar-refractivity contribution in [1.29, 1.82) is 0 Å². The number of anilines is 1. The smallest absolute Gasteiger partial charge is 0.276 e. The number of hydrogen-bond acceptors (Lipinski definition) is 7. The molecule has 184 valence electrons. The number of benzene rings is 1. The van der Waals surface area contributed by atoms with Crippen LogP contribution in [0.3, 0.4) is 0 Å². The molecule has 35 heavy (non-hydrogen) atoms. The van der Waals surface area contributed by atoms with Gasteiger partial charge in [-0.2, -0.15) is 0 Å². The lowest BCUT2D eigenvalue weighted by molar-refractivity contribution is 0.0174. The third-order valence-corrected chi connectivity index (χ3v) is 6.66. The molecule has 1 saturated carbocycles. The number of halogens is 2. The van der Waals surface area contributed by atoms with Crippen LogP contribution in [0.5, 0.6) is 0 Å². The van der Waals surface area contributed by atoms with Gasteiger partial charge in [0.25, 0.3) is 5.91 Å². The van der Waals surface area contributed by atoms with Crippen LogP contribution in [0.4, 0.5) is 14.6 Å². The maximum atomic E-state index is 14.5. The standard InChI is InChI=1S/C25H26F2N4O4/c1-14-11-17(9-10-31(14)21-8-7-16(12-28-21)25(32)29-33)34-13-18-23(30-35-24(18)15-5-6-15)22-19(26)3-2-4-20(22)27/h2-4,7-8,12,14-15,17,33H,5-6,9-11,13H2,1H3,(H,29,32)/t14-,17-/m1/s1. The van der Waals surface area contributed by atoms with Gasteiger partial charge in [0, 0.05) is 30.3 Å². The maximum absolute atomic E-state index is 14.5. The van der Waals surface area contributed by atoms with E-state index in [4.69, 9.17) is 14.5 Å². The average Bonchev–Trinajstić information content (AvgIpc) is 3.62. The Labute approximate surface area is 200 Å². The minimum atomic E-state index is -0.682. The van der Waals surface area contributed by atoms with E-state index in [1.807, 2.05) is 0 Å². The molecule has 8 nitrogen and oxygen atoms in total. The Balaban J connectivity index is 1.27. The number of ether oxygens (including phenoxy) is 1. The van der Waals surface area contributed by atoms with Crippen molar-refractivity contribution >= 4 is 11.7 Å². The Hall–Kier alpha value is -3.37. The number of carbonyl (C=O) groups is 1. The second-order valence-corrected chi connectivity index (χ2v) is 9.09. The van der Waals surface area contributed by atoms with E-state index in [2.05, 4.69) is 22.0 Å². The van der Waals surface area contributed by atoms with E-state index in [-0.39, 0.29) is 41.5 Å². The highest BCUT2D eigenvalue weighted by molar-refractivity contribution is 5.93. The number of amides is 1. The van der Waals surface area contributed by atoms with Crippen molar-refractivity contribution < 1.29 is 28.0 Å². The van der Waals surface area contributed by atoms with Gasteiger partial charge in [0.2, 0.25) is 0 Å². The third kappa shape index (κ3) is 4.76. The first-order chi connectivity index (χ1) is 17.0. The highest BCUT2D eigenvalue weighted by Crippen LogP contribution is 2.45. The Morgan fingerprint density at radius 1 is 1.23 bits per heavy atom. The molecule has 2 N–H and O–H groups in total. The van der Waals surface area contributed by atoms with Crippen LogP contribution >= 0.6 is 0 Å². The number of carbonyl (C=O) groups excluding carboxylic acids is 1. The van der Waals surface area contributed by atoms with Crippen molar-refractivity contribution in [3.8, 4) is 11.3 Å². The summed E-state index contributed by atoms with van der Waals surface area (Å²) in [5.41, 5.74) is 2.46. The van der Waals surface area contributed by atoms with Crippen LogP contribution in [-0.2, 0) is 11.3 Å². The van der Waals surface area contributed by atoms with E-state index in [9.17, 15) is 13.6 Å². The fraction of sp³-hybridized carbons (Fsp3) is 0.400. The summed E-state index contributed by atoms with van der Waals surface area (Å²) in [6.07, 6.45) is 4.75. The number of hydrogen-bond donors (Lipinski definition) is 2. The summed E-state index contributed by atoms with van der Waals surface area (Å²) in [4.78, 5) is 18.0. The van der Waals surface area contributed by atoms with E-state index < -0.39 is 17.5 Å². The molecule has 2 atom stereocenters. The van der Waals surface area contributed by atoms with Gasteiger partial charge in [0.1, 0.15) is 28.9 Å². The van der Waals surface area contributed by atoms with E-state index in [0.717, 1.165) is 31.5 Å². The second kappa shape index (κ2) is 9.71. The molecule has 0 radical (unpaired) electrons. The zero-order valence-electron chi connectivity index (χ0n) is 19.2. The third-order valence-electron chi connectivity index (χ3n) is 6.66. The first kappa shape index (κ1) is 23.4. The van der Waals surface area contributed by atoms with Crippen molar-refractivity contribution in [2.24, 2.45) is 0 Å². The van der Waals surface area contributed by atoms with Crippen LogP contribution in [0.25, 0.3) is 11.3 Å². The fourth-order valence-electron chi connectivity index (χ4n) is 4.62. The number of hydroxylamine groups is 1. The second-order valence-electron chi connectivity index (χ2n) is 9.09. The van der Waals surface area contributed by atoms with E-state index in [1.165, 1.54) is 24.4 Å². The number of aromatic nitrogens is 2. The topological polar surface area (TPSA) is 101 Å². The molecule has 3 heterocycles. The zero-order chi connectivity index (χ0) is 24.5. The predicted molar refractivity (Wildman–Crippen MR) is 122 cm³/mol. The molecule has 10 heteroatoms. The quantitative estimate of drug-likeness (QED) is 0.374. The van der Waals surface area contributed by atoms with Gasteiger partial charge in [0.05, 0.1) is 23.8 Å². The van der Waals surface area contributed by atoms with Gasteiger partial charge in [-0.15, -0.1) is 0 Å². The van der Waals surface area contributed by atoms with Gasteiger partial charge in [-0.25, -0.2) is 19.2 Å². The van der Waals surface area contributed by atoms with Gasteiger partial charge in [-0.1, -0.05) is 11.2 Å². The number of nitrogens with one attached hydrogen (secondary N) is 1. The normalized spacial score (nSPS) is 20.2. The molecule has 1 amide bonds. The average molecular weight is 485 g/mol. The van der Waals surface area contributed by atoms with Crippen LogP contribution < -0.4 is 10.4 Å². The Bertz CT molecular complexity index is 1190. The van der Waals surface area contributed by atoms with Crippen molar-refractivity contribution in [2.75, 3.05) is 11.4 Å². The zero-order valence-corrected chi connectivity index (χ0v) is 19.2. The summed E-state index contributed by atoms with van der Waals surface area (Å²) < 4.78 is 40.7. The van der Waals surface area contributed by atoms with Crippen LogP contribution in [-0.4, -0.2) is 39.9 Å². The lowest BCUT2D eigenvalue weighted by Gasteiger charge is -2.38. The molecule has 1 aliphatic heterocycles. The SMILES string of the molecule is C[C@@H]1C[C@H](OCc2c(-c3c(F)cccc3F)noc2C2CC2)CCN1c1ccc(C(=O)NO)cn1. The summed E-state index contributed by atoms with van der Waals surface area (Å²) in [5.74, 6) is -0.370. The molecule has 1 aromatic carbocycles. The molecule has 2 aliphatic rings. The summed E-state index contributed by atoms with van der Waals surface area (Å²) in [6.45, 7) is 2.93. The van der Waals surface area contributed by atoms with Crippen molar-refractivity contribution in [1.82, 2.24) is 15.6 Å². The van der Waals surface area contributed by atoms with Crippen LogP contribution in [0.1, 0.15) is 60.2 Å². The highest BCUT2D eigenvalue weighted by atomic mass is 19.1. The van der Waals surface area contributed by atoms with E-state index in [1.54, 1.807) is 17.6 Å². The Kier molecular flexibility index (Phi) is 6.48. The molecule has 0 unspecified atom stereocenters. The molecule has 1 aliphatic carbocycles. The molecule has 1 saturated heterocycles. The van der Waals surface area contributed by atoms with Crippen molar-refractivity contribution in [3.05, 3.63) is 65.1 Å². The van der Waals surface area contributed by atoms with E-state index >= 15 is 0 Å². The minimum absolute atomic E-state index is 0.0547. The molecule has 0 bridgehead atoms. The number of nitrogens with zero attached hydrogens (tertiary/aromatic N) is 3. The molecule has 3 aromatic rings. The lowest BCUT2D eigenvalue weighted by Crippen LogP contribution is -2.44. The minimum Gasteiger partial charge on any atom is -0.373 e. The number of piperidine rings is 1. The summed E-state index contributed by atoms with van der Waals surface area (Å²) >= 11 is 0. The van der Waals surface area contributed by atoms with Gasteiger partial charge < -0.3 is 14.2 Å². The Morgan fingerprint density at radius 2 is 2.00 bits per heavy atom. The summed E-state index contributed by atoms with van der Waals surface area (Å²) in [5, 5.41) is 12.8. The molecule has 5 rings (SSSR count).